The summed E-state index contributed by atoms with van der Waals surface area (Å²) in [4.78, 5) is 16.1. The van der Waals surface area contributed by atoms with E-state index in [4.69, 9.17) is 0 Å². The van der Waals surface area contributed by atoms with Gasteiger partial charge in [-0.05, 0) is 48.7 Å². The molecule has 0 aliphatic carbocycles. The van der Waals surface area contributed by atoms with Crippen LogP contribution in [-0.2, 0) is 11.2 Å². The first-order valence-electron chi connectivity index (χ1n) is 8.00. The van der Waals surface area contributed by atoms with E-state index < -0.39 is 0 Å². The number of carbonyl (C=O) groups excluding carboxylic acids is 1. The molecule has 1 aromatic carbocycles. The molecule has 0 saturated carbocycles. The number of amides is 1. The molecule has 2 heterocycles. The molecule has 24 heavy (non-hydrogen) atoms. The highest BCUT2D eigenvalue weighted by Crippen LogP contribution is 2.12. The first-order chi connectivity index (χ1) is 11.7. The lowest BCUT2D eigenvalue weighted by Gasteiger charge is -2.13. The maximum absolute atomic E-state index is 12.1. The zero-order chi connectivity index (χ0) is 16.8. The average molecular weight is 320 g/mol. The van der Waals surface area contributed by atoms with Gasteiger partial charge in [0.05, 0.1) is 17.9 Å². The molecule has 0 fully saturated rings. The minimum absolute atomic E-state index is 0.0208. The summed E-state index contributed by atoms with van der Waals surface area (Å²) in [6.45, 7) is 1.97. The van der Waals surface area contributed by atoms with Crippen molar-refractivity contribution in [2.75, 3.05) is 0 Å². The number of hydrogen-bond donors (Lipinski definition) is 1. The number of nitrogens with zero attached hydrogens (tertiary/aromatic N) is 3. The van der Waals surface area contributed by atoms with Crippen molar-refractivity contribution in [1.82, 2.24) is 20.1 Å². The van der Waals surface area contributed by atoms with E-state index in [-0.39, 0.29) is 11.9 Å². The van der Waals surface area contributed by atoms with Gasteiger partial charge in [-0.15, -0.1) is 0 Å². The Balaban J connectivity index is 1.53. The van der Waals surface area contributed by atoms with Gasteiger partial charge < -0.3 is 5.32 Å². The Morgan fingerprint density at radius 3 is 2.67 bits per heavy atom. The quantitative estimate of drug-likeness (QED) is 0.759. The summed E-state index contributed by atoms with van der Waals surface area (Å²) in [6, 6.07) is 13.7. The molecule has 0 spiro atoms. The van der Waals surface area contributed by atoms with Gasteiger partial charge in [0.15, 0.2) is 0 Å². The van der Waals surface area contributed by atoms with Crippen molar-refractivity contribution in [2.24, 2.45) is 0 Å². The van der Waals surface area contributed by atoms with E-state index in [1.165, 1.54) is 0 Å². The molecule has 0 radical (unpaired) electrons. The lowest BCUT2D eigenvalue weighted by Crippen LogP contribution is -2.26. The van der Waals surface area contributed by atoms with Crippen molar-refractivity contribution in [2.45, 2.75) is 25.8 Å². The zero-order valence-corrected chi connectivity index (χ0v) is 13.6. The van der Waals surface area contributed by atoms with E-state index in [0.29, 0.717) is 12.8 Å². The molecule has 122 valence electrons. The molecule has 5 heteroatoms. The number of benzene rings is 1. The Hall–Kier alpha value is -2.95. The van der Waals surface area contributed by atoms with E-state index in [1.54, 1.807) is 12.4 Å². The predicted octanol–water partition coefficient (Wildman–Crippen LogP) is 3.08. The van der Waals surface area contributed by atoms with Crippen molar-refractivity contribution in [3.8, 4) is 5.69 Å². The van der Waals surface area contributed by atoms with Crippen LogP contribution in [0.2, 0.25) is 0 Å². The lowest BCUT2D eigenvalue weighted by atomic mass is 10.1. The summed E-state index contributed by atoms with van der Waals surface area (Å²) in [5, 5.41) is 7.36. The summed E-state index contributed by atoms with van der Waals surface area (Å²) in [5.74, 6) is 0.0340. The summed E-state index contributed by atoms with van der Waals surface area (Å²) < 4.78 is 1.83. The third-order valence-electron chi connectivity index (χ3n) is 3.88. The van der Waals surface area contributed by atoms with Gasteiger partial charge in [-0.1, -0.05) is 18.2 Å². The van der Waals surface area contributed by atoms with Gasteiger partial charge in [-0.3, -0.25) is 9.78 Å². The molecule has 1 atom stereocenters. The van der Waals surface area contributed by atoms with Crippen molar-refractivity contribution < 1.29 is 4.79 Å². The Kier molecular flexibility index (Phi) is 5.01. The number of aromatic nitrogens is 3. The normalized spacial score (nSPS) is 11.9. The molecule has 0 bridgehead atoms. The second kappa shape index (κ2) is 7.55. The van der Waals surface area contributed by atoms with Crippen LogP contribution < -0.4 is 5.32 Å². The number of aryl methyl sites for hydroxylation is 1. The Labute approximate surface area is 141 Å². The Morgan fingerprint density at radius 2 is 1.92 bits per heavy atom. The Bertz CT molecular complexity index is 783. The van der Waals surface area contributed by atoms with E-state index in [2.05, 4.69) is 15.4 Å². The molecule has 1 unspecified atom stereocenters. The SMILES string of the molecule is CC(NC(=O)CCc1cnn(-c2ccccc2)c1)c1ccncc1. The van der Waals surface area contributed by atoms with Crippen LogP contribution >= 0.6 is 0 Å². The molecule has 0 aliphatic rings. The van der Waals surface area contributed by atoms with Crippen molar-refractivity contribution in [3.05, 3.63) is 78.4 Å². The average Bonchev–Trinajstić information content (AvgIpc) is 3.10. The third kappa shape index (κ3) is 4.07. The third-order valence-corrected chi connectivity index (χ3v) is 3.88. The fourth-order valence-corrected chi connectivity index (χ4v) is 2.52. The van der Waals surface area contributed by atoms with E-state index in [9.17, 15) is 4.79 Å². The van der Waals surface area contributed by atoms with Crippen LogP contribution in [0.1, 0.15) is 30.5 Å². The van der Waals surface area contributed by atoms with Gasteiger partial charge in [-0.25, -0.2) is 4.68 Å². The van der Waals surface area contributed by atoms with Crippen LogP contribution in [-0.4, -0.2) is 20.7 Å². The molecule has 3 rings (SSSR count). The minimum atomic E-state index is -0.0208. The maximum atomic E-state index is 12.1. The molecule has 2 aromatic heterocycles. The number of pyridine rings is 1. The predicted molar refractivity (Wildman–Crippen MR) is 92.7 cm³/mol. The molecule has 0 saturated heterocycles. The highest BCUT2D eigenvalue weighted by Gasteiger charge is 2.10. The topological polar surface area (TPSA) is 59.8 Å². The maximum Gasteiger partial charge on any atom is 0.220 e. The fraction of sp³-hybridized carbons (Fsp3) is 0.211. The van der Waals surface area contributed by atoms with Crippen molar-refractivity contribution >= 4 is 5.91 Å². The lowest BCUT2D eigenvalue weighted by molar-refractivity contribution is -0.121. The van der Waals surface area contributed by atoms with Crippen LogP contribution in [0.25, 0.3) is 5.69 Å². The first kappa shape index (κ1) is 15.9. The van der Waals surface area contributed by atoms with Crippen molar-refractivity contribution in [1.29, 1.82) is 0 Å². The van der Waals surface area contributed by atoms with E-state index in [0.717, 1.165) is 16.8 Å². The molecule has 1 N–H and O–H groups in total. The Morgan fingerprint density at radius 1 is 1.17 bits per heavy atom. The number of hydrogen-bond acceptors (Lipinski definition) is 3. The van der Waals surface area contributed by atoms with Crippen LogP contribution in [0, 0.1) is 0 Å². The number of para-hydroxylation sites is 1. The highest BCUT2D eigenvalue weighted by atomic mass is 16.1. The molecular formula is C19H20N4O. The summed E-state index contributed by atoms with van der Waals surface area (Å²) in [7, 11) is 0. The van der Waals surface area contributed by atoms with Crippen LogP contribution in [0.4, 0.5) is 0 Å². The molecule has 3 aromatic rings. The van der Waals surface area contributed by atoms with Crippen LogP contribution in [0.15, 0.2) is 67.3 Å². The van der Waals surface area contributed by atoms with Crippen molar-refractivity contribution in [3.63, 3.8) is 0 Å². The number of rotatable bonds is 6. The van der Waals surface area contributed by atoms with E-state index >= 15 is 0 Å². The fourth-order valence-electron chi connectivity index (χ4n) is 2.52. The second-order valence-corrected chi connectivity index (χ2v) is 5.70. The highest BCUT2D eigenvalue weighted by molar-refractivity contribution is 5.76. The second-order valence-electron chi connectivity index (χ2n) is 5.70. The number of carbonyl (C=O) groups is 1. The summed E-state index contributed by atoms with van der Waals surface area (Å²) in [6.07, 6.45) is 8.35. The van der Waals surface area contributed by atoms with Crippen LogP contribution in [0.3, 0.4) is 0 Å². The molecular weight excluding hydrogens is 300 g/mol. The van der Waals surface area contributed by atoms with Gasteiger partial charge >= 0.3 is 0 Å². The number of nitrogens with one attached hydrogen (secondary N) is 1. The van der Waals surface area contributed by atoms with Gasteiger partial charge in [0.25, 0.3) is 0 Å². The van der Waals surface area contributed by atoms with Gasteiger partial charge in [0, 0.05) is 25.0 Å². The van der Waals surface area contributed by atoms with Gasteiger partial charge in [0.1, 0.15) is 0 Å². The van der Waals surface area contributed by atoms with Gasteiger partial charge in [-0.2, -0.15) is 5.10 Å². The van der Waals surface area contributed by atoms with Gasteiger partial charge in [0.2, 0.25) is 5.91 Å². The first-order valence-corrected chi connectivity index (χ1v) is 8.00. The summed E-state index contributed by atoms with van der Waals surface area (Å²) in [5.41, 5.74) is 3.11. The smallest absolute Gasteiger partial charge is 0.220 e. The van der Waals surface area contributed by atoms with Crippen LogP contribution in [0.5, 0.6) is 0 Å². The standard InChI is InChI=1S/C19H20N4O/c1-15(17-9-11-20-12-10-17)22-19(24)8-7-16-13-21-23(14-16)18-5-3-2-4-6-18/h2-6,9-15H,7-8H2,1H3,(H,22,24). The molecule has 0 aliphatic heterocycles. The molecule has 5 nitrogen and oxygen atoms in total. The van der Waals surface area contributed by atoms with E-state index in [1.807, 2.05) is 66.5 Å². The largest absolute Gasteiger partial charge is 0.350 e. The zero-order valence-electron chi connectivity index (χ0n) is 13.6. The molecule has 1 amide bonds. The summed E-state index contributed by atoms with van der Waals surface area (Å²) >= 11 is 0. The minimum Gasteiger partial charge on any atom is -0.350 e. The monoisotopic (exact) mass is 320 g/mol.